The van der Waals surface area contributed by atoms with Crippen LogP contribution in [-0.2, 0) is 6.54 Å². The van der Waals surface area contributed by atoms with Crippen molar-refractivity contribution in [3.05, 3.63) is 23.8 Å². The number of aromatic amines is 2. The number of hydrogen-bond acceptors (Lipinski definition) is 5. The van der Waals surface area contributed by atoms with Gasteiger partial charge in [0.15, 0.2) is 0 Å². The molecule has 0 saturated heterocycles. The number of amides is 1. The van der Waals surface area contributed by atoms with Crippen molar-refractivity contribution in [1.82, 2.24) is 35.3 Å². The number of rotatable bonds is 3. The molecule has 0 fully saturated rings. The number of carbonyl (C=O) groups is 1. The van der Waals surface area contributed by atoms with E-state index in [9.17, 15) is 4.79 Å². The number of carbonyl (C=O) groups excluding carboxylic acids is 1. The molecule has 0 saturated carbocycles. The Morgan fingerprint density at radius 3 is 2.88 bits per heavy atom. The second-order valence-corrected chi connectivity index (χ2v) is 3.34. The van der Waals surface area contributed by atoms with Crippen molar-refractivity contribution in [3.8, 4) is 0 Å². The third-order valence-electron chi connectivity index (χ3n) is 1.99. The molecule has 8 heteroatoms. The summed E-state index contributed by atoms with van der Waals surface area (Å²) in [5, 5.41) is 12.8. The zero-order valence-electron chi connectivity index (χ0n) is 8.93. The van der Waals surface area contributed by atoms with Crippen LogP contribution >= 0.6 is 0 Å². The smallest absolute Gasteiger partial charge is 0.293 e. The van der Waals surface area contributed by atoms with E-state index in [2.05, 4.69) is 30.4 Å². The van der Waals surface area contributed by atoms with E-state index in [0.717, 1.165) is 0 Å². The van der Waals surface area contributed by atoms with Gasteiger partial charge in [0.1, 0.15) is 18.0 Å². The fourth-order valence-corrected chi connectivity index (χ4v) is 1.21. The number of aryl methyl sites for hydroxylation is 1. The first-order valence-corrected chi connectivity index (χ1v) is 4.65. The van der Waals surface area contributed by atoms with E-state index in [1.54, 1.807) is 14.0 Å². The quantitative estimate of drug-likeness (QED) is 0.727. The SMILES string of the molecule is Cc1nc(C(=O)N(C)Cc2ncn[nH]2)n[nH]1. The minimum absolute atomic E-state index is 0.152. The largest absolute Gasteiger partial charge is 0.331 e. The van der Waals surface area contributed by atoms with Crippen LogP contribution in [0, 0.1) is 6.92 Å². The van der Waals surface area contributed by atoms with Crippen molar-refractivity contribution in [2.24, 2.45) is 0 Å². The molecule has 8 nitrogen and oxygen atoms in total. The lowest BCUT2D eigenvalue weighted by Gasteiger charge is -2.12. The Bertz CT molecular complexity index is 474. The molecule has 0 radical (unpaired) electrons. The van der Waals surface area contributed by atoms with E-state index in [-0.39, 0.29) is 11.7 Å². The predicted octanol–water partition coefficient (Wildman–Crippen LogP) is -0.497. The molecule has 0 aliphatic rings. The van der Waals surface area contributed by atoms with Crippen molar-refractivity contribution < 1.29 is 4.79 Å². The van der Waals surface area contributed by atoms with Gasteiger partial charge in [-0.1, -0.05) is 0 Å². The normalized spacial score (nSPS) is 10.4. The van der Waals surface area contributed by atoms with Gasteiger partial charge in [-0.3, -0.25) is 15.0 Å². The summed E-state index contributed by atoms with van der Waals surface area (Å²) in [6, 6.07) is 0. The lowest BCUT2D eigenvalue weighted by Crippen LogP contribution is -2.27. The van der Waals surface area contributed by atoms with E-state index in [0.29, 0.717) is 18.2 Å². The number of hydrogen-bond donors (Lipinski definition) is 2. The van der Waals surface area contributed by atoms with Gasteiger partial charge in [0.2, 0.25) is 5.82 Å². The Labute approximate surface area is 91.1 Å². The first-order valence-electron chi connectivity index (χ1n) is 4.65. The number of H-pyrrole nitrogens is 2. The average molecular weight is 221 g/mol. The van der Waals surface area contributed by atoms with Gasteiger partial charge in [-0.2, -0.15) is 5.10 Å². The first kappa shape index (κ1) is 10.3. The second kappa shape index (κ2) is 4.09. The van der Waals surface area contributed by atoms with Crippen LogP contribution in [0.15, 0.2) is 6.33 Å². The Morgan fingerprint density at radius 2 is 2.31 bits per heavy atom. The third kappa shape index (κ3) is 2.05. The summed E-state index contributed by atoms with van der Waals surface area (Å²) >= 11 is 0. The Kier molecular flexibility index (Phi) is 2.63. The molecule has 0 spiro atoms. The maximum Gasteiger partial charge on any atom is 0.293 e. The summed E-state index contributed by atoms with van der Waals surface area (Å²) in [5.74, 6) is 1.11. The molecule has 2 heterocycles. The van der Waals surface area contributed by atoms with Crippen molar-refractivity contribution >= 4 is 5.91 Å². The minimum atomic E-state index is -0.263. The molecule has 0 unspecified atom stereocenters. The molecular formula is C8H11N7O. The standard InChI is InChI=1S/C8H11N7O/c1-5-11-7(14-12-5)8(16)15(2)3-6-9-4-10-13-6/h4H,3H2,1-2H3,(H,9,10,13)(H,11,12,14). The molecule has 2 aromatic heterocycles. The van der Waals surface area contributed by atoms with Crippen molar-refractivity contribution in [1.29, 1.82) is 0 Å². The van der Waals surface area contributed by atoms with Gasteiger partial charge in [-0.05, 0) is 6.92 Å². The number of aromatic nitrogens is 6. The van der Waals surface area contributed by atoms with Crippen molar-refractivity contribution in [2.45, 2.75) is 13.5 Å². The van der Waals surface area contributed by atoms with Gasteiger partial charge in [0.05, 0.1) is 6.54 Å². The van der Waals surface area contributed by atoms with E-state index in [4.69, 9.17) is 0 Å². The van der Waals surface area contributed by atoms with Crippen LogP contribution in [0.2, 0.25) is 0 Å². The summed E-state index contributed by atoms with van der Waals surface area (Å²) in [5.41, 5.74) is 0. The highest BCUT2D eigenvalue weighted by Gasteiger charge is 2.17. The topological polar surface area (TPSA) is 103 Å². The molecule has 1 amide bonds. The Balaban J connectivity index is 2.05. The van der Waals surface area contributed by atoms with Gasteiger partial charge in [0.25, 0.3) is 5.91 Å². The zero-order chi connectivity index (χ0) is 11.5. The van der Waals surface area contributed by atoms with Crippen LogP contribution in [0.1, 0.15) is 22.3 Å². The molecule has 0 aliphatic carbocycles. The molecule has 0 bridgehead atoms. The zero-order valence-corrected chi connectivity index (χ0v) is 8.93. The fourth-order valence-electron chi connectivity index (χ4n) is 1.21. The monoisotopic (exact) mass is 221 g/mol. The van der Waals surface area contributed by atoms with Gasteiger partial charge >= 0.3 is 0 Å². The van der Waals surface area contributed by atoms with E-state index >= 15 is 0 Å². The van der Waals surface area contributed by atoms with Gasteiger partial charge in [-0.15, -0.1) is 5.10 Å². The average Bonchev–Trinajstić information content (AvgIpc) is 2.88. The van der Waals surface area contributed by atoms with E-state index in [1.807, 2.05) is 0 Å². The molecule has 0 aromatic carbocycles. The fraction of sp³-hybridized carbons (Fsp3) is 0.375. The van der Waals surface area contributed by atoms with Crippen LogP contribution in [0.4, 0.5) is 0 Å². The predicted molar refractivity (Wildman–Crippen MR) is 53.3 cm³/mol. The van der Waals surface area contributed by atoms with Crippen LogP contribution in [-0.4, -0.2) is 48.2 Å². The Morgan fingerprint density at radius 1 is 1.50 bits per heavy atom. The summed E-state index contributed by atoms with van der Waals surface area (Å²) in [4.78, 5) is 21.1. The molecule has 2 aromatic rings. The number of nitrogens with one attached hydrogen (secondary N) is 2. The summed E-state index contributed by atoms with van der Waals surface area (Å²) in [6.45, 7) is 2.08. The van der Waals surface area contributed by atoms with Gasteiger partial charge in [0, 0.05) is 7.05 Å². The maximum atomic E-state index is 11.8. The molecular weight excluding hydrogens is 210 g/mol. The summed E-state index contributed by atoms with van der Waals surface area (Å²) in [6.07, 6.45) is 1.39. The molecule has 16 heavy (non-hydrogen) atoms. The molecule has 0 aliphatic heterocycles. The van der Waals surface area contributed by atoms with Crippen LogP contribution in [0.3, 0.4) is 0 Å². The maximum absolute atomic E-state index is 11.8. The van der Waals surface area contributed by atoms with E-state index < -0.39 is 0 Å². The minimum Gasteiger partial charge on any atom is -0.331 e. The summed E-state index contributed by atoms with van der Waals surface area (Å²) < 4.78 is 0. The number of nitrogens with zero attached hydrogens (tertiary/aromatic N) is 5. The highest BCUT2D eigenvalue weighted by Crippen LogP contribution is 2.00. The molecule has 0 atom stereocenters. The van der Waals surface area contributed by atoms with Crippen molar-refractivity contribution in [3.63, 3.8) is 0 Å². The highest BCUT2D eigenvalue weighted by molar-refractivity contribution is 5.90. The van der Waals surface area contributed by atoms with Crippen LogP contribution in [0.25, 0.3) is 0 Å². The highest BCUT2D eigenvalue weighted by atomic mass is 16.2. The first-order chi connectivity index (χ1) is 7.66. The van der Waals surface area contributed by atoms with E-state index in [1.165, 1.54) is 11.2 Å². The summed E-state index contributed by atoms with van der Waals surface area (Å²) in [7, 11) is 1.65. The van der Waals surface area contributed by atoms with Crippen molar-refractivity contribution in [2.75, 3.05) is 7.05 Å². The van der Waals surface area contributed by atoms with Gasteiger partial charge < -0.3 is 4.90 Å². The molecule has 84 valence electrons. The molecule has 2 N–H and O–H groups in total. The lowest BCUT2D eigenvalue weighted by molar-refractivity contribution is 0.0770. The van der Waals surface area contributed by atoms with Crippen LogP contribution < -0.4 is 0 Å². The Hall–Kier alpha value is -2.25. The van der Waals surface area contributed by atoms with Crippen LogP contribution in [0.5, 0.6) is 0 Å². The third-order valence-corrected chi connectivity index (χ3v) is 1.99. The molecule has 2 rings (SSSR count). The second-order valence-electron chi connectivity index (χ2n) is 3.34. The lowest BCUT2D eigenvalue weighted by atomic mass is 10.4. The van der Waals surface area contributed by atoms with Gasteiger partial charge in [-0.25, -0.2) is 9.97 Å².